The summed E-state index contributed by atoms with van der Waals surface area (Å²) in [5, 5.41) is 0.710. The van der Waals surface area contributed by atoms with Crippen LogP contribution in [0.5, 0.6) is 5.75 Å². The molecule has 0 bridgehead atoms. The van der Waals surface area contributed by atoms with Gasteiger partial charge in [0.1, 0.15) is 5.75 Å². The Morgan fingerprint density at radius 1 is 1.20 bits per heavy atom. The first-order valence-corrected chi connectivity index (χ1v) is 5.80. The van der Waals surface area contributed by atoms with Crippen LogP contribution in [0, 0.1) is 5.92 Å². The SMILES string of the molecule is CC(C)COc1ccc(C(C)C)cc1Cl. The van der Waals surface area contributed by atoms with E-state index in [0.717, 1.165) is 5.75 Å². The van der Waals surface area contributed by atoms with Crippen LogP contribution in [0.2, 0.25) is 5.02 Å². The highest BCUT2D eigenvalue weighted by molar-refractivity contribution is 6.32. The molecule has 0 aliphatic heterocycles. The van der Waals surface area contributed by atoms with E-state index < -0.39 is 0 Å². The maximum Gasteiger partial charge on any atom is 0.137 e. The third kappa shape index (κ3) is 3.75. The molecule has 0 aliphatic rings. The van der Waals surface area contributed by atoms with Gasteiger partial charge < -0.3 is 4.74 Å². The third-order valence-corrected chi connectivity index (χ3v) is 2.49. The summed E-state index contributed by atoms with van der Waals surface area (Å²) in [6.07, 6.45) is 0. The van der Waals surface area contributed by atoms with Gasteiger partial charge in [0.2, 0.25) is 0 Å². The van der Waals surface area contributed by atoms with Crippen LogP contribution < -0.4 is 4.74 Å². The second kappa shape index (κ2) is 5.41. The highest BCUT2D eigenvalue weighted by Crippen LogP contribution is 2.28. The standard InChI is InChI=1S/C13H19ClO/c1-9(2)8-15-13-6-5-11(10(3)4)7-12(13)14/h5-7,9-10H,8H2,1-4H3. The summed E-state index contributed by atoms with van der Waals surface area (Å²) in [5.74, 6) is 1.81. The van der Waals surface area contributed by atoms with Crippen molar-refractivity contribution in [3.8, 4) is 5.75 Å². The zero-order chi connectivity index (χ0) is 11.4. The molecule has 0 heterocycles. The fourth-order valence-corrected chi connectivity index (χ4v) is 1.49. The normalized spacial score (nSPS) is 11.1. The predicted molar refractivity (Wildman–Crippen MR) is 65.9 cm³/mol. The monoisotopic (exact) mass is 226 g/mol. The lowest BCUT2D eigenvalue weighted by Gasteiger charge is -2.12. The van der Waals surface area contributed by atoms with E-state index in [-0.39, 0.29) is 0 Å². The van der Waals surface area contributed by atoms with Crippen molar-refractivity contribution in [1.29, 1.82) is 0 Å². The molecule has 0 N–H and O–H groups in total. The van der Waals surface area contributed by atoms with Gasteiger partial charge >= 0.3 is 0 Å². The van der Waals surface area contributed by atoms with Crippen molar-refractivity contribution in [3.63, 3.8) is 0 Å². The van der Waals surface area contributed by atoms with E-state index in [1.54, 1.807) is 0 Å². The Bertz CT molecular complexity index is 318. The molecule has 15 heavy (non-hydrogen) atoms. The Morgan fingerprint density at radius 3 is 2.33 bits per heavy atom. The van der Waals surface area contributed by atoms with E-state index in [2.05, 4.69) is 33.8 Å². The van der Waals surface area contributed by atoms with Gasteiger partial charge in [-0.2, -0.15) is 0 Å². The summed E-state index contributed by atoms with van der Waals surface area (Å²) in [5.41, 5.74) is 1.25. The molecular formula is C13H19ClO. The van der Waals surface area contributed by atoms with E-state index in [9.17, 15) is 0 Å². The van der Waals surface area contributed by atoms with E-state index >= 15 is 0 Å². The number of rotatable bonds is 4. The summed E-state index contributed by atoms with van der Waals surface area (Å²) in [6, 6.07) is 6.02. The van der Waals surface area contributed by atoms with E-state index in [4.69, 9.17) is 16.3 Å². The molecule has 0 aromatic heterocycles. The fraction of sp³-hybridized carbons (Fsp3) is 0.538. The fourth-order valence-electron chi connectivity index (χ4n) is 1.25. The maximum absolute atomic E-state index is 6.13. The zero-order valence-corrected chi connectivity index (χ0v) is 10.6. The number of ether oxygens (including phenoxy) is 1. The first-order valence-electron chi connectivity index (χ1n) is 5.43. The average molecular weight is 227 g/mol. The summed E-state index contributed by atoms with van der Waals surface area (Å²) < 4.78 is 5.60. The molecule has 0 unspecified atom stereocenters. The molecule has 1 nitrogen and oxygen atoms in total. The van der Waals surface area contributed by atoms with Gasteiger partial charge in [0.25, 0.3) is 0 Å². The molecule has 0 saturated heterocycles. The lowest BCUT2D eigenvalue weighted by atomic mass is 10.0. The Morgan fingerprint density at radius 2 is 1.87 bits per heavy atom. The molecule has 84 valence electrons. The van der Waals surface area contributed by atoms with E-state index in [1.165, 1.54) is 5.56 Å². The molecule has 0 amide bonds. The molecule has 0 atom stereocenters. The van der Waals surface area contributed by atoms with Gasteiger partial charge in [-0.1, -0.05) is 45.4 Å². The van der Waals surface area contributed by atoms with Crippen LogP contribution in [0.15, 0.2) is 18.2 Å². The molecule has 0 saturated carbocycles. The summed E-state index contributed by atoms with van der Waals surface area (Å²) >= 11 is 6.13. The van der Waals surface area contributed by atoms with Crippen molar-refractivity contribution >= 4 is 11.6 Å². The van der Waals surface area contributed by atoms with Gasteiger partial charge in [-0.25, -0.2) is 0 Å². The van der Waals surface area contributed by atoms with Gasteiger partial charge in [0.05, 0.1) is 11.6 Å². The number of halogens is 1. The van der Waals surface area contributed by atoms with Crippen LogP contribution in [0.3, 0.4) is 0 Å². The Labute approximate surface area is 97.4 Å². The Kier molecular flexibility index (Phi) is 4.46. The Hall–Kier alpha value is -0.690. The van der Waals surface area contributed by atoms with Crippen molar-refractivity contribution in [2.45, 2.75) is 33.6 Å². The molecule has 0 aliphatic carbocycles. The minimum atomic E-state index is 0.502. The molecule has 1 aromatic carbocycles. The summed E-state index contributed by atoms with van der Waals surface area (Å²) in [6.45, 7) is 9.26. The predicted octanol–water partition coefficient (Wildman–Crippen LogP) is 4.50. The van der Waals surface area contributed by atoms with Crippen LogP contribution in [0.25, 0.3) is 0 Å². The second-order valence-corrected chi connectivity index (χ2v) is 4.96. The topological polar surface area (TPSA) is 9.23 Å². The van der Waals surface area contributed by atoms with Crippen molar-refractivity contribution < 1.29 is 4.74 Å². The van der Waals surface area contributed by atoms with Gasteiger partial charge in [-0.3, -0.25) is 0 Å². The van der Waals surface area contributed by atoms with Gasteiger partial charge in [0, 0.05) is 0 Å². The largest absolute Gasteiger partial charge is 0.492 e. The van der Waals surface area contributed by atoms with Crippen LogP contribution in [-0.2, 0) is 0 Å². The van der Waals surface area contributed by atoms with Crippen LogP contribution in [-0.4, -0.2) is 6.61 Å². The van der Waals surface area contributed by atoms with Crippen LogP contribution in [0.4, 0.5) is 0 Å². The average Bonchev–Trinajstić information content (AvgIpc) is 2.15. The summed E-state index contributed by atoms with van der Waals surface area (Å²) in [7, 11) is 0. The van der Waals surface area contributed by atoms with Crippen molar-refractivity contribution in [2.24, 2.45) is 5.92 Å². The minimum Gasteiger partial charge on any atom is -0.492 e. The van der Waals surface area contributed by atoms with Crippen LogP contribution in [0.1, 0.15) is 39.2 Å². The van der Waals surface area contributed by atoms with Gasteiger partial charge in [-0.05, 0) is 29.5 Å². The maximum atomic E-state index is 6.13. The van der Waals surface area contributed by atoms with Crippen LogP contribution >= 0.6 is 11.6 Å². The first kappa shape index (κ1) is 12.4. The molecule has 0 spiro atoms. The number of hydrogen-bond acceptors (Lipinski definition) is 1. The second-order valence-electron chi connectivity index (χ2n) is 4.55. The minimum absolute atomic E-state index is 0.502. The third-order valence-electron chi connectivity index (χ3n) is 2.19. The van der Waals surface area contributed by atoms with Gasteiger partial charge in [0.15, 0.2) is 0 Å². The van der Waals surface area contributed by atoms with E-state index in [1.807, 2.05) is 12.1 Å². The summed E-state index contributed by atoms with van der Waals surface area (Å²) in [4.78, 5) is 0. The molecule has 1 rings (SSSR count). The molecule has 2 heteroatoms. The molecule has 0 fully saturated rings. The first-order chi connectivity index (χ1) is 7.00. The number of hydrogen-bond donors (Lipinski definition) is 0. The quantitative estimate of drug-likeness (QED) is 0.735. The molecule has 1 aromatic rings. The lowest BCUT2D eigenvalue weighted by molar-refractivity contribution is 0.271. The van der Waals surface area contributed by atoms with Crippen molar-refractivity contribution in [2.75, 3.05) is 6.61 Å². The zero-order valence-electron chi connectivity index (χ0n) is 9.88. The highest BCUT2D eigenvalue weighted by Gasteiger charge is 2.06. The smallest absolute Gasteiger partial charge is 0.137 e. The lowest BCUT2D eigenvalue weighted by Crippen LogP contribution is -2.05. The van der Waals surface area contributed by atoms with Crippen molar-refractivity contribution in [3.05, 3.63) is 28.8 Å². The van der Waals surface area contributed by atoms with Crippen molar-refractivity contribution in [1.82, 2.24) is 0 Å². The number of benzene rings is 1. The van der Waals surface area contributed by atoms with Gasteiger partial charge in [-0.15, -0.1) is 0 Å². The highest BCUT2D eigenvalue weighted by atomic mass is 35.5. The molecular weight excluding hydrogens is 208 g/mol. The van der Waals surface area contributed by atoms with E-state index in [0.29, 0.717) is 23.5 Å². The Balaban J connectivity index is 2.75. The molecule has 0 radical (unpaired) electrons.